The Labute approximate surface area is 218 Å². The van der Waals surface area contributed by atoms with Gasteiger partial charge in [-0.15, -0.1) is 0 Å². The molecule has 0 saturated heterocycles. The molecule has 0 spiro atoms. The van der Waals surface area contributed by atoms with Gasteiger partial charge in [0.05, 0.1) is 17.5 Å². The molecule has 0 aliphatic heterocycles. The van der Waals surface area contributed by atoms with Crippen molar-refractivity contribution in [3.63, 3.8) is 0 Å². The number of hydrogen-bond donors (Lipinski definition) is 4. The molecule has 0 bridgehead atoms. The first-order valence-electron chi connectivity index (χ1n) is 8.73. The van der Waals surface area contributed by atoms with Gasteiger partial charge in [0, 0.05) is 12.8 Å². The number of rotatable bonds is 7. The van der Waals surface area contributed by atoms with E-state index < -0.39 is 17.4 Å². The van der Waals surface area contributed by atoms with Gasteiger partial charge < -0.3 is 21.7 Å². The Morgan fingerprint density at radius 1 is 1.03 bits per heavy atom. The molecular weight excluding hydrogens is 431 g/mol. The third-order valence-corrected chi connectivity index (χ3v) is 4.63. The molecule has 2 aromatic heterocycles. The minimum atomic E-state index is -1.69. The van der Waals surface area contributed by atoms with Crippen LogP contribution in [-0.2, 0) is 21.4 Å². The van der Waals surface area contributed by atoms with E-state index in [1.165, 1.54) is 37.4 Å². The average molecular weight is 450 g/mol. The van der Waals surface area contributed by atoms with Gasteiger partial charge in [0.25, 0.3) is 0 Å². The van der Waals surface area contributed by atoms with Crippen molar-refractivity contribution in [1.82, 2.24) is 19.9 Å². The second kappa shape index (κ2) is 9.74. The number of carbonyl (C=O) groups excluding carboxylic acids is 1. The van der Waals surface area contributed by atoms with Crippen molar-refractivity contribution in [3.05, 3.63) is 47.3 Å². The van der Waals surface area contributed by atoms with Crippen molar-refractivity contribution >= 4 is 92.0 Å². The van der Waals surface area contributed by atoms with E-state index >= 15 is 0 Å². The summed E-state index contributed by atoms with van der Waals surface area (Å²) in [6.07, 6.45) is 0.806. The fourth-order valence-corrected chi connectivity index (χ4v) is 3.28. The van der Waals surface area contributed by atoms with E-state index in [-0.39, 0.29) is 110 Å². The van der Waals surface area contributed by atoms with E-state index in [2.05, 4.69) is 19.9 Å². The normalized spacial score (nSPS) is 12.5. The molecule has 31 heavy (non-hydrogen) atoms. The van der Waals surface area contributed by atoms with Gasteiger partial charge >= 0.3 is 63.3 Å². The van der Waals surface area contributed by atoms with Crippen molar-refractivity contribution in [3.8, 4) is 0 Å². The van der Waals surface area contributed by atoms with Crippen molar-refractivity contribution < 1.29 is 24.6 Å². The second-order valence-corrected chi connectivity index (χ2v) is 6.83. The fraction of sp³-hybridized carbons (Fsp3) is 0.211. The molecule has 0 amide bonds. The van der Waals surface area contributed by atoms with E-state index in [4.69, 9.17) is 16.6 Å². The molecule has 6 N–H and O–H groups in total. The van der Waals surface area contributed by atoms with Crippen LogP contribution >= 0.6 is 0 Å². The fourth-order valence-electron chi connectivity index (χ4n) is 3.28. The summed E-state index contributed by atoms with van der Waals surface area (Å²) < 4.78 is 0. The molecular formula is C19H19KN6O5. The molecule has 12 heteroatoms. The molecule has 1 atom stereocenters. The Morgan fingerprint density at radius 2 is 1.68 bits per heavy atom. The standard InChI is InChI=1S/C19H18N6O5.K.H/c1-9(26)6-19(17(29)30,11-4-2-10(3-5-11)16(27)28)7-12-8-22-15-13(23-12)14(20)24-18(21)25-15;;/h2-5,8H,6-7H2,1H3,(H,27,28)(H,29,30)(H4,20,21,22,24,25);;. The van der Waals surface area contributed by atoms with Gasteiger partial charge in [-0.2, -0.15) is 9.97 Å². The van der Waals surface area contributed by atoms with Crippen LogP contribution in [0.5, 0.6) is 0 Å². The Hall–Kier alpha value is -2.51. The van der Waals surface area contributed by atoms with Gasteiger partial charge in [-0.1, -0.05) is 12.1 Å². The first-order chi connectivity index (χ1) is 14.1. The van der Waals surface area contributed by atoms with E-state index in [1.807, 2.05) is 0 Å². The molecule has 3 aromatic rings. The second-order valence-electron chi connectivity index (χ2n) is 6.83. The summed E-state index contributed by atoms with van der Waals surface area (Å²) in [6.45, 7) is 1.28. The number of fused-ring (bicyclic) bond motifs is 1. The van der Waals surface area contributed by atoms with Crippen molar-refractivity contribution in [2.75, 3.05) is 11.5 Å². The number of carboxylic acid groups (broad SMARTS) is 2. The van der Waals surface area contributed by atoms with Crippen LogP contribution in [0.2, 0.25) is 0 Å². The zero-order valence-electron chi connectivity index (χ0n) is 15.9. The van der Waals surface area contributed by atoms with Gasteiger partial charge in [-0.05, 0) is 24.6 Å². The van der Waals surface area contributed by atoms with E-state index in [9.17, 15) is 19.5 Å². The maximum atomic E-state index is 12.4. The zero-order valence-corrected chi connectivity index (χ0v) is 15.9. The van der Waals surface area contributed by atoms with E-state index in [0.717, 1.165) is 0 Å². The number of nitrogens with two attached hydrogens (primary N) is 2. The number of hydrogen-bond acceptors (Lipinski definition) is 9. The van der Waals surface area contributed by atoms with Gasteiger partial charge in [-0.25, -0.2) is 14.8 Å². The summed E-state index contributed by atoms with van der Waals surface area (Å²) in [7, 11) is 0. The van der Waals surface area contributed by atoms with Crippen LogP contribution < -0.4 is 11.5 Å². The number of ketones is 1. The van der Waals surface area contributed by atoms with Crippen LogP contribution in [0.25, 0.3) is 11.2 Å². The molecule has 0 radical (unpaired) electrons. The average Bonchev–Trinajstić information content (AvgIpc) is 2.67. The van der Waals surface area contributed by atoms with Gasteiger partial charge in [0.1, 0.15) is 11.2 Å². The van der Waals surface area contributed by atoms with Gasteiger partial charge in [0.2, 0.25) is 5.95 Å². The summed E-state index contributed by atoms with van der Waals surface area (Å²) in [4.78, 5) is 51.7. The monoisotopic (exact) mass is 450 g/mol. The van der Waals surface area contributed by atoms with E-state index in [1.54, 1.807) is 0 Å². The number of Topliss-reactive ketones (excluding diaryl/α,β-unsaturated/α-hetero) is 1. The number of aromatic carboxylic acids is 1. The number of carboxylic acids is 2. The van der Waals surface area contributed by atoms with Crippen LogP contribution in [0.3, 0.4) is 0 Å². The molecule has 0 fully saturated rings. The Kier molecular flexibility index (Phi) is 7.78. The van der Waals surface area contributed by atoms with Crippen molar-refractivity contribution in [1.29, 1.82) is 0 Å². The van der Waals surface area contributed by atoms with Crippen LogP contribution in [-0.4, -0.2) is 99.3 Å². The minimum absolute atomic E-state index is 0. The maximum absolute atomic E-state index is 12.4. The molecule has 0 saturated carbocycles. The number of nitrogens with zero attached hydrogens (tertiary/aromatic N) is 4. The third-order valence-electron chi connectivity index (χ3n) is 4.63. The van der Waals surface area contributed by atoms with E-state index in [0.29, 0.717) is 0 Å². The van der Waals surface area contributed by atoms with Crippen molar-refractivity contribution in [2.24, 2.45) is 0 Å². The third kappa shape index (κ3) is 5.22. The van der Waals surface area contributed by atoms with Gasteiger partial charge in [-0.3, -0.25) is 9.59 Å². The topological polar surface area (TPSA) is 195 Å². The SMILES string of the molecule is CC(=O)CC(Cc1cnc2nc(N)nc(N)c2n1)(C(=O)O)c1ccc(C(=O)O)cc1.[KH]. The Morgan fingerprint density at radius 3 is 2.23 bits per heavy atom. The molecule has 0 aliphatic rings. The molecule has 11 nitrogen and oxygen atoms in total. The summed E-state index contributed by atoms with van der Waals surface area (Å²) in [5.41, 5.74) is 10.5. The van der Waals surface area contributed by atoms with Gasteiger partial charge in [0.15, 0.2) is 17.0 Å². The molecule has 1 unspecified atom stereocenters. The quantitative estimate of drug-likeness (QED) is 0.358. The predicted molar refractivity (Wildman–Crippen MR) is 113 cm³/mol. The van der Waals surface area contributed by atoms with Crippen LogP contribution in [0.1, 0.15) is 35.0 Å². The van der Waals surface area contributed by atoms with Crippen molar-refractivity contribution in [2.45, 2.75) is 25.2 Å². The summed E-state index contributed by atoms with van der Waals surface area (Å²) in [5.74, 6) is -2.85. The summed E-state index contributed by atoms with van der Waals surface area (Å²) in [6, 6.07) is 5.34. The first-order valence-corrected chi connectivity index (χ1v) is 8.73. The summed E-state index contributed by atoms with van der Waals surface area (Å²) in [5, 5.41) is 19.2. The molecule has 3 rings (SSSR count). The Bertz CT molecular complexity index is 1170. The predicted octanol–water partition coefficient (Wildman–Crippen LogP) is 0.178. The number of nitrogen functional groups attached to an aromatic ring is 2. The Balaban J connectivity index is 0.00000341. The zero-order chi connectivity index (χ0) is 22.1. The number of aromatic nitrogens is 4. The molecule has 156 valence electrons. The number of anilines is 2. The number of benzene rings is 1. The first kappa shape index (κ1) is 24.8. The molecule has 1 aromatic carbocycles. The molecule has 0 aliphatic carbocycles. The van der Waals surface area contributed by atoms with Crippen LogP contribution in [0.15, 0.2) is 30.5 Å². The number of carbonyl (C=O) groups is 3. The molecule has 2 heterocycles. The number of aliphatic carboxylic acids is 1. The van der Waals surface area contributed by atoms with Crippen LogP contribution in [0.4, 0.5) is 11.8 Å². The summed E-state index contributed by atoms with van der Waals surface area (Å²) >= 11 is 0. The van der Waals surface area contributed by atoms with Crippen LogP contribution in [0, 0.1) is 0 Å².